The van der Waals surface area contributed by atoms with E-state index in [0.29, 0.717) is 41.9 Å². The Bertz CT molecular complexity index is 1020. The molecule has 1 N–H and O–H groups in total. The molecule has 0 spiro atoms. The lowest BCUT2D eigenvalue weighted by atomic mass is 10.1. The first kappa shape index (κ1) is 21.1. The third-order valence-corrected chi connectivity index (χ3v) is 5.74. The van der Waals surface area contributed by atoms with Crippen LogP contribution in [0, 0.1) is 6.92 Å². The number of rotatable bonds is 7. The molecule has 2 heterocycles. The molecule has 1 saturated carbocycles. The van der Waals surface area contributed by atoms with Gasteiger partial charge in [0.25, 0.3) is 5.91 Å². The Kier molecular flexibility index (Phi) is 6.62. The van der Waals surface area contributed by atoms with Gasteiger partial charge in [0.05, 0.1) is 24.0 Å². The van der Waals surface area contributed by atoms with Crippen molar-refractivity contribution in [2.75, 3.05) is 7.05 Å². The number of aryl methyl sites for hydroxylation is 1. The molecule has 0 atom stereocenters. The third-order valence-electron chi connectivity index (χ3n) is 5.74. The van der Waals surface area contributed by atoms with Gasteiger partial charge in [-0.1, -0.05) is 43.2 Å². The molecular formula is C24H28N6O. The highest BCUT2D eigenvalue weighted by Crippen LogP contribution is 2.24. The van der Waals surface area contributed by atoms with Gasteiger partial charge >= 0.3 is 0 Å². The second-order valence-electron chi connectivity index (χ2n) is 8.11. The van der Waals surface area contributed by atoms with Crippen LogP contribution < -0.4 is 5.32 Å². The van der Waals surface area contributed by atoms with Gasteiger partial charge in [0.1, 0.15) is 17.2 Å². The molecule has 2 aromatic heterocycles. The quantitative estimate of drug-likeness (QED) is 0.634. The van der Waals surface area contributed by atoms with Crippen molar-refractivity contribution in [1.29, 1.82) is 0 Å². The van der Waals surface area contributed by atoms with Gasteiger partial charge in [0, 0.05) is 25.0 Å². The number of carbonyl (C=O) groups excluding carboxylic acids is 1. The SMILES string of the molecule is Cc1cnc(-c2nc(CN(C)C3CCCC3)ncc2C(=O)NCc2ccccc2)cn1. The lowest BCUT2D eigenvalue weighted by molar-refractivity contribution is 0.0950. The highest BCUT2D eigenvalue weighted by atomic mass is 16.1. The number of amides is 1. The summed E-state index contributed by atoms with van der Waals surface area (Å²) in [6.07, 6.45) is 9.95. The van der Waals surface area contributed by atoms with E-state index in [4.69, 9.17) is 4.98 Å². The predicted octanol–water partition coefficient (Wildman–Crippen LogP) is 3.55. The van der Waals surface area contributed by atoms with Crippen LogP contribution in [-0.2, 0) is 13.1 Å². The van der Waals surface area contributed by atoms with Crippen molar-refractivity contribution in [2.24, 2.45) is 0 Å². The van der Waals surface area contributed by atoms with Crippen molar-refractivity contribution in [3.05, 3.63) is 71.6 Å². The number of nitrogens with one attached hydrogen (secondary N) is 1. The van der Waals surface area contributed by atoms with Gasteiger partial charge in [-0.2, -0.15) is 0 Å². The summed E-state index contributed by atoms with van der Waals surface area (Å²) >= 11 is 0. The van der Waals surface area contributed by atoms with Gasteiger partial charge in [-0.25, -0.2) is 9.97 Å². The Morgan fingerprint density at radius 2 is 1.84 bits per heavy atom. The molecule has 3 aromatic rings. The molecule has 0 radical (unpaired) electrons. The van der Waals surface area contributed by atoms with Gasteiger partial charge in [0.2, 0.25) is 0 Å². The number of aromatic nitrogens is 4. The van der Waals surface area contributed by atoms with E-state index < -0.39 is 0 Å². The van der Waals surface area contributed by atoms with Crippen LogP contribution in [-0.4, -0.2) is 43.8 Å². The van der Waals surface area contributed by atoms with E-state index in [0.717, 1.165) is 11.3 Å². The fourth-order valence-corrected chi connectivity index (χ4v) is 3.94. The van der Waals surface area contributed by atoms with E-state index in [1.807, 2.05) is 37.3 Å². The number of nitrogens with zero attached hydrogens (tertiary/aromatic N) is 5. The maximum absolute atomic E-state index is 13.0. The van der Waals surface area contributed by atoms with E-state index >= 15 is 0 Å². The average molecular weight is 417 g/mol. The first-order valence-corrected chi connectivity index (χ1v) is 10.8. The lowest BCUT2D eigenvalue weighted by Crippen LogP contribution is -2.30. The van der Waals surface area contributed by atoms with Crippen molar-refractivity contribution in [3.8, 4) is 11.4 Å². The van der Waals surface area contributed by atoms with Crippen LogP contribution in [0.3, 0.4) is 0 Å². The predicted molar refractivity (Wildman–Crippen MR) is 119 cm³/mol. The zero-order valence-corrected chi connectivity index (χ0v) is 18.1. The Morgan fingerprint density at radius 1 is 1.06 bits per heavy atom. The fourth-order valence-electron chi connectivity index (χ4n) is 3.94. The van der Waals surface area contributed by atoms with Gasteiger partial charge < -0.3 is 5.32 Å². The first-order valence-electron chi connectivity index (χ1n) is 10.8. The summed E-state index contributed by atoms with van der Waals surface area (Å²) in [4.78, 5) is 33.3. The van der Waals surface area contributed by atoms with Crippen LogP contribution in [0.25, 0.3) is 11.4 Å². The molecule has 0 bridgehead atoms. The molecule has 0 aliphatic heterocycles. The second kappa shape index (κ2) is 9.75. The fraction of sp³-hybridized carbons (Fsp3) is 0.375. The summed E-state index contributed by atoms with van der Waals surface area (Å²) in [5.74, 6) is 0.461. The molecule has 4 rings (SSSR count). The minimum Gasteiger partial charge on any atom is -0.348 e. The Balaban J connectivity index is 1.58. The third kappa shape index (κ3) is 5.30. The molecule has 160 valence electrons. The standard InChI is InChI=1S/C24H28N6O/c1-17-12-26-21(15-25-17)23-20(24(31)28-13-18-8-4-3-5-9-18)14-27-22(29-23)16-30(2)19-10-6-7-11-19/h3-5,8-9,12,14-15,19H,6-7,10-11,13,16H2,1-2H3,(H,28,31). The van der Waals surface area contributed by atoms with Gasteiger partial charge in [-0.15, -0.1) is 0 Å². The zero-order valence-electron chi connectivity index (χ0n) is 18.1. The number of hydrogen-bond donors (Lipinski definition) is 1. The van der Waals surface area contributed by atoms with Crippen LogP contribution >= 0.6 is 0 Å². The molecule has 1 aliphatic carbocycles. The highest BCUT2D eigenvalue weighted by molar-refractivity contribution is 5.99. The topological polar surface area (TPSA) is 83.9 Å². The van der Waals surface area contributed by atoms with E-state index in [-0.39, 0.29) is 5.91 Å². The summed E-state index contributed by atoms with van der Waals surface area (Å²) < 4.78 is 0. The molecule has 7 nitrogen and oxygen atoms in total. The molecule has 0 saturated heterocycles. The van der Waals surface area contributed by atoms with Crippen molar-refractivity contribution in [3.63, 3.8) is 0 Å². The van der Waals surface area contributed by atoms with Crippen LogP contribution in [0.1, 0.15) is 53.1 Å². The smallest absolute Gasteiger partial charge is 0.255 e. The monoisotopic (exact) mass is 416 g/mol. The van der Waals surface area contributed by atoms with Crippen LogP contribution in [0.5, 0.6) is 0 Å². The first-order chi connectivity index (χ1) is 15.1. The minimum absolute atomic E-state index is 0.225. The Morgan fingerprint density at radius 3 is 2.55 bits per heavy atom. The Hall–Kier alpha value is -3.19. The molecular weight excluding hydrogens is 388 g/mol. The van der Waals surface area contributed by atoms with E-state index in [1.54, 1.807) is 18.6 Å². The molecule has 1 aromatic carbocycles. The normalized spacial score (nSPS) is 14.2. The zero-order chi connectivity index (χ0) is 21.6. The van der Waals surface area contributed by atoms with Gasteiger partial charge in [-0.3, -0.25) is 19.7 Å². The van der Waals surface area contributed by atoms with Gasteiger partial charge in [0.15, 0.2) is 0 Å². The van der Waals surface area contributed by atoms with Crippen LogP contribution in [0.2, 0.25) is 0 Å². The molecule has 1 aliphatic rings. The van der Waals surface area contributed by atoms with E-state index in [2.05, 4.69) is 32.2 Å². The maximum atomic E-state index is 13.0. The number of hydrogen-bond acceptors (Lipinski definition) is 6. The van der Waals surface area contributed by atoms with Crippen molar-refractivity contribution in [2.45, 2.75) is 51.7 Å². The van der Waals surface area contributed by atoms with Gasteiger partial charge in [-0.05, 0) is 32.4 Å². The largest absolute Gasteiger partial charge is 0.348 e. The summed E-state index contributed by atoms with van der Waals surface area (Å²) in [6, 6.07) is 10.4. The number of benzene rings is 1. The minimum atomic E-state index is -0.225. The summed E-state index contributed by atoms with van der Waals surface area (Å²) in [5, 5.41) is 2.96. The van der Waals surface area contributed by atoms with Crippen LogP contribution in [0.4, 0.5) is 0 Å². The number of carbonyl (C=O) groups is 1. The van der Waals surface area contributed by atoms with Crippen molar-refractivity contribution >= 4 is 5.91 Å². The highest BCUT2D eigenvalue weighted by Gasteiger charge is 2.22. The molecule has 31 heavy (non-hydrogen) atoms. The lowest BCUT2D eigenvalue weighted by Gasteiger charge is -2.23. The summed E-state index contributed by atoms with van der Waals surface area (Å²) in [5.41, 5.74) is 3.34. The molecule has 7 heteroatoms. The van der Waals surface area contributed by atoms with E-state index in [9.17, 15) is 4.79 Å². The Labute approximate surface area is 183 Å². The molecule has 1 amide bonds. The van der Waals surface area contributed by atoms with Crippen molar-refractivity contribution in [1.82, 2.24) is 30.2 Å². The molecule has 1 fully saturated rings. The van der Waals surface area contributed by atoms with E-state index in [1.165, 1.54) is 25.7 Å². The summed E-state index contributed by atoms with van der Waals surface area (Å²) in [7, 11) is 2.12. The second-order valence-corrected chi connectivity index (χ2v) is 8.11. The van der Waals surface area contributed by atoms with Crippen molar-refractivity contribution < 1.29 is 4.79 Å². The van der Waals surface area contributed by atoms with Crippen LogP contribution in [0.15, 0.2) is 48.9 Å². The average Bonchev–Trinajstić information content (AvgIpc) is 3.34. The summed E-state index contributed by atoms with van der Waals surface area (Å²) in [6.45, 7) is 2.96. The maximum Gasteiger partial charge on any atom is 0.255 e. The molecule has 0 unspecified atom stereocenters.